The molecule has 2 bridgehead atoms. The molecule has 0 heterocycles. The van der Waals surface area contributed by atoms with E-state index in [4.69, 9.17) is 5.73 Å². The van der Waals surface area contributed by atoms with Crippen LogP contribution in [0, 0.1) is 22.2 Å². The number of fused-ring (bicyclic) bond motifs is 2. The van der Waals surface area contributed by atoms with Crippen LogP contribution in [0.3, 0.4) is 0 Å². The van der Waals surface area contributed by atoms with Crippen LogP contribution in [0.2, 0.25) is 0 Å². The molecule has 80 valence electrons. The lowest BCUT2D eigenvalue weighted by atomic mass is 9.37. The molecular weight excluding hydrogens is 174 g/mol. The summed E-state index contributed by atoms with van der Waals surface area (Å²) in [5, 5.41) is 0. The summed E-state index contributed by atoms with van der Waals surface area (Å²) in [6.07, 6.45) is 3.55. The van der Waals surface area contributed by atoms with Gasteiger partial charge in [0.1, 0.15) is 0 Å². The average molecular weight is 195 g/mol. The number of nitrogens with two attached hydrogens (primary N) is 1. The van der Waals surface area contributed by atoms with E-state index in [2.05, 4.69) is 27.7 Å². The second-order valence-electron chi connectivity index (χ2n) is 6.36. The van der Waals surface area contributed by atoms with Gasteiger partial charge in [0.25, 0.3) is 0 Å². The Morgan fingerprint density at radius 1 is 1.14 bits per heavy atom. The van der Waals surface area contributed by atoms with Gasteiger partial charge in [-0.05, 0) is 36.0 Å². The zero-order valence-electron chi connectivity index (χ0n) is 9.68. The quantitative estimate of drug-likeness (QED) is 0.685. The molecule has 1 unspecified atom stereocenters. The first-order valence-electron chi connectivity index (χ1n) is 5.53. The summed E-state index contributed by atoms with van der Waals surface area (Å²) in [7, 11) is 0. The largest absolute Gasteiger partial charge is 0.369 e. The van der Waals surface area contributed by atoms with Gasteiger partial charge >= 0.3 is 0 Å². The SMILES string of the molecule is CC12CC(C1)CC(C)(C(N)=O)C2(C)C. The zero-order valence-corrected chi connectivity index (χ0v) is 9.68. The van der Waals surface area contributed by atoms with E-state index in [9.17, 15) is 4.79 Å². The summed E-state index contributed by atoms with van der Waals surface area (Å²) in [6, 6.07) is 0. The maximum Gasteiger partial charge on any atom is 0.223 e. The highest BCUT2D eigenvalue weighted by molar-refractivity contribution is 5.82. The van der Waals surface area contributed by atoms with Gasteiger partial charge in [-0.25, -0.2) is 0 Å². The maximum atomic E-state index is 11.6. The summed E-state index contributed by atoms with van der Waals surface area (Å²) in [5.41, 5.74) is 5.65. The van der Waals surface area contributed by atoms with Crippen molar-refractivity contribution < 1.29 is 4.79 Å². The minimum absolute atomic E-state index is 0.0422. The van der Waals surface area contributed by atoms with Gasteiger partial charge in [-0.2, -0.15) is 0 Å². The zero-order chi connectivity index (χ0) is 10.8. The Morgan fingerprint density at radius 2 is 1.64 bits per heavy atom. The third-order valence-electron chi connectivity index (χ3n) is 5.61. The fourth-order valence-electron chi connectivity index (χ4n) is 3.78. The summed E-state index contributed by atoms with van der Waals surface area (Å²) in [6.45, 7) is 8.79. The molecule has 3 aliphatic carbocycles. The molecule has 3 saturated carbocycles. The van der Waals surface area contributed by atoms with Crippen molar-refractivity contribution in [2.24, 2.45) is 27.9 Å². The molecule has 0 aromatic carbocycles. The predicted molar refractivity (Wildman–Crippen MR) is 56.5 cm³/mol. The van der Waals surface area contributed by atoms with E-state index in [1.165, 1.54) is 12.8 Å². The summed E-state index contributed by atoms with van der Waals surface area (Å²) in [4.78, 5) is 11.6. The average Bonchev–Trinajstić information content (AvgIpc) is 1.97. The Hall–Kier alpha value is -0.530. The smallest absolute Gasteiger partial charge is 0.223 e. The van der Waals surface area contributed by atoms with E-state index in [1.807, 2.05) is 0 Å². The van der Waals surface area contributed by atoms with Crippen molar-refractivity contribution in [1.29, 1.82) is 0 Å². The standard InChI is InChI=1S/C12H21NO/c1-10(2)11(3)5-8(6-11)7-12(10,4)9(13)14/h8H,5-7H2,1-4H3,(H2,13,14). The fraction of sp³-hybridized carbons (Fsp3) is 0.917. The predicted octanol–water partition coefficient (Wildman–Crippen LogP) is 2.32. The molecule has 0 aromatic rings. The molecule has 0 aromatic heterocycles. The molecule has 0 aliphatic heterocycles. The molecule has 3 aliphatic rings. The molecule has 0 spiro atoms. The lowest BCUT2D eigenvalue weighted by molar-refractivity contribution is -0.193. The van der Waals surface area contributed by atoms with Crippen molar-refractivity contribution in [2.75, 3.05) is 0 Å². The van der Waals surface area contributed by atoms with Crippen molar-refractivity contribution >= 4 is 5.91 Å². The van der Waals surface area contributed by atoms with Crippen LogP contribution in [0.1, 0.15) is 47.0 Å². The molecule has 1 amide bonds. The first kappa shape index (κ1) is 10.0. The molecule has 14 heavy (non-hydrogen) atoms. The molecule has 2 nitrogen and oxygen atoms in total. The van der Waals surface area contributed by atoms with Crippen molar-refractivity contribution in [3.05, 3.63) is 0 Å². The van der Waals surface area contributed by atoms with E-state index in [1.54, 1.807) is 0 Å². The summed E-state index contributed by atoms with van der Waals surface area (Å²) in [5.74, 6) is 0.628. The molecule has 1 atom stereocenters. The van der Waals surface area contributed by atoms with Crippen LogP contribution in [-0.4, -0.2) is 5.91 Å². The Kier molecular flexibility index (Phi) is 1.67. The minimum Gasteiger partial charge on any atom is -0.369 e. The minimum atomic E-state index is -0.303. The van der Waals surface area contributed by atoms with Crippen LogP contribution in [-0.2, 0) is 4.79 Å². The fourth-order valence-corrected chi connectivity index (χ4v) is 3.78. The van der Waals surface area contributed by atoms with Gasteiger partial charge in [0.2, 0.25) is 5.91 Å². The third-order valence-corrected chi connectivity index (χ3v) is 5.61. The second kappa shape index (κ2) is 2.34. The third kappa shape index (κ3) is 0.850. The Balaban J connectivity index is 2.42. The van der Waals surface area contributed by atoms with Crippen molar-refractivity contribution in [3.63, 3.8) is 0 Å². The van der Waals surface area contributed by atoms with Gasteiger partial charge in [-0.15, -0.1) is 0 Å². The number of carbonyl (C=O) groups is 1. The molecule has 0 saturated heterocycles. The van der Waals surface area contributed by atoms with Crippen molar-refractivity contribution in [2.45, 2.75) is 47.0 Å². The van der Waals surface area contributed by atoms with Crippen molar-refractivity contribution in [3.8, 4) is 0 Å². The van der Waals surface area contributed by atoms with Crippen LogP contribution >= 0.6 is 0 Å². The maximum absolute atomic E-state index is 11.6. The monoisotopic (exact) mass is 195 g/mol. The first-order chi connectivity index (χ1) is 6.23. The Bertz CT molecular complexity index is 289. The number of hydrogen-bond donors (Lipinski definition) is 1. The highest BCUT2D eigenvalue weighted by Crippen LogP contribution is 2.70. The molecular formula is C12H21NO. The van der Waals surface area contributed by atoms with Gasteiger partial charge in [0.05, 0.1) is 5.41 Å². The number of primary amides is 1. The van der Waals surface area contributed by atoms with Crippen LogP contribution < -0.4 is 5.73 Å². The topological polar surface area (TPSA) is 43.1 Å². The summed E-state index contributed by atoms with van der Waals surface area (Å²) < 4.78 is 0. The van der Waals surface area contributed by atoms with Crippen LogP contribution in [0.25, 0.3) is 0 Å². The van der Waals surface area contributed by atoms with E-state index in [-0.39, 0.29) is 16.7 Å². The van der Waals surface area contributed by atoms with E-state index in [0.29, 0.717) is 5.41 Å². The molecule has 2 N–H and O–H groups in total. The van der Waals surface area contributed by atoms with E-state index < -0.39 is 0 Å². The Morgan fingerprint density at radius 3 is 2.00 bits per heavy atom. The lowest BCUT2D eigenvalue weighted by Crippen LogP contribution is -2.64. The number of carbonyl (C=O) groups excluding carboxylic acids is 1. The van der Waals surface area contributed by atoms with Crippen LogP contribution in [0.4, 0.5) is 0 Å². The van der Waals surface area contributed by atoms with Gasteiger partial charge in [0.15, 0.2) is 0 Å². The van der Waals surface area contributed by atoms with E-state index in [0.717, 1.165) is 12.3 Å². The van der Waals surface area contributed by atoms with E-state index >= 15 is 0 Å². The first-order valence-corrected chi connectivity index (χ1v) is 5.53. The highest BCUT2D eigenvalue weighted by atomic mass is 16.1. The number of rotatable bonds is 1. The van der Waals surface area contributed by atoms with Gasteiger partial charge in [-0.3, -0.25) is 4.79 Å². The van der Waals surface area contributed by atoms with Crippen LogP contribution in [0.5, 0.6) is 0 Å². The molecule has 2 heteroatoms. The van der Waals surface area contributed by atoms with Gasteiger partial charge in [-0.1, -0.05) is 27.7 Å². The lowest BCUT2D eigenvalue weighted by Gasteiger charge is -2.67. The molecule has 3 fully saturated rings. The van der Waals surface area contributed by atoms with Crippen LogP contribution in [0.15, 0.2) is 0 Å². The molecule has 3 rings (SSSR count). The second-order valence-corrected chi connectivity index (χ2v) is 6.36. The number of amides is 1. The molecule has 0 radical (unpaired) electrons. The van der Waals surface area contributed by atoms with Crippen molar-refractivity contribution in [1.82, 2.24) is 0 Å². The highest BCUT2D eigenvalue weighted by Gasteiger charge is 2.65. The normalized spacial score (nSPS) is 49.6. The summed E-state index contributed by atoms with van der Waals surface area (Å²) >= 11 is 0. The Labute approximate surface area is 86.2 Å². The van der Waals surface area contributed by atoms with Gasteiger partial charge < -0.3 is 5.73 Å². The van der Waals surface area contributed by atoms with Gasteiger partial charge in [0, 0.05) is 0 Å². The number of hydrogen-bond acceptors (Lipinski definition) is 1.